The predicted octanol–water partition coefficient (Wildman–Crippen LogP) is 8.12. The molecule has 2 aromatic heterocycles. The molecule has 0 spiro atoms. The van der Waals surface area contributed by atoms with Crippen LogP contribution in [0.5, 0.6) is 0 Å². The quantitative estimate of drug-likeness (QED) is 0.269. The van der Waals surface area contributed by atoms with Crippen LogP contribution in [0.2, 0.25) is 0 Å². The second kappa shape index (κ2) is 6.60. The van der Waals surface area contributed by atoms with Gasteiger partial charge < -0.3 is 0 Å². The smallest absolute Gasteiger partial charge is 0.116 e. The first kappa shape index (κ1) is 18.5. The van der Waals surface area contributed by atoms with Crippen LogP contribution >= 0.6 is 11.3 Å². The molecule has 0 saturated heterocycles. The van der Waals surface area contributed by atoms with E-state index in [0.29, 0.717) is 0 Å². The number of benzene rings is 4. The number of nitrogens with zero attached hydrogens (tertiary/aromatic N) is 2. The first-order chi connectivity index (χ1) is 15.0. The Morgan fingerprint density at radius 3 is 2.19 bits per heavy atom. The minimum absolute atomic E-state index is 0.0413. The Hall–Kier alpha value is -3.30. The first-order valence-corrected chi connectivity index (χ1v) is 11.4. The molecule has 0 N–H and O–H groups in total. The van der Waals surface area contributed by atoms with Crippen LogP contribution in [0.15, 0.2) is 79.1 Å². The lowest BCUT2D eigenvalue weighted by atomic mass is 9.82. The summed E-state index contributed by atoms with van der Waals surface area (Å²) in [6.07, 6.45) is 1.71. The maximum absolute atomic E-state index is 4.77. The summed E-state index contributed by atoms with van der Waals surface area (Å²) in [6.45, 7) is 6.83. The molecule has 0 unspecified atom stereocenters. The van der Waals surface area contributed by atoms with Crippen LogP contribution < -0.4 is 0 Å². The Morgan fingerprint density at radius 1 is 0.710 bits per heavy atom. The van der Waals surface area contributed by atoms with Gasteiger partial charge in [0.25, 0.3) is 0 Å². The highest BCUT2D eigenvalue weighted by atomic mass is 32.1. The van der Waals surface area contributed by atoms with E-state index < -0.39 is 0 Å². The number of hydrogen-bond acceptors (Lipinski definition) is 3. The van der Waals surface area contributed by atoms with Crippen LogP contribution in [0.1, 0.15) is 26.3 Å². The summed E-state index contributed by atoms with van der Waals surface area (Å²) < 4.78 is 2.41. The fourth-order valence-electron chi connectivity index (χ4n) is 4.53. The molecule has 4 aromatic carbocycles. The van der Waals surface area contributed by atoms with Gasteiger partial charge in [0.15, 0.2) is 0 Å². The van der Waals surface area contributed by atoms with Crippen LogP contribution in [0, 0.1) is 0 Å². The molecule has 31 heavy (non-hydrogen) atoms. The predicted molar refractivity (Wildman–Crippen MR) is 134 cm³/mol. The van der Waals surface area contributed by atoms with Gasteiger partial charge >= 0.3 is 0 Å². The van der Waals surface area contributed by atoms with E-state index in [0.717, 1.165) is 21.5 Å². The molecule has 6 rings (SSSR count). The molecule has 0 aliphatic heterocycles. The molecule has 6 aromatic rings. The third-order valence-corrected chi connectivity index (χ3v) is 7.21. The Balaban J connectivity index is 1.68. The molecule has 0 atom stereocenters. The van der Waals surface area contributed by atoms with E-state index >= 15 is 0 Å². The molecule has 0 amide bonds. The third kappa shape index (κ3) is 2.92. The summed E-state index contributed by atoms with van der Waals surface area (Å²) >= 11 is 1.79. The Kier molecular flexibility index (Phi) is 3.93. The van der Waals surface area contributed by atoms with Crippen molar-refractivity contribution in [3.05, 3.63) is 84.7 Å². The lowest BCUT2D eigenvalue weighted by Gasteiger charge is -2.22. The van der Waals surface area contributed by atoms with Gasteiger partial charge in [-0.05, 0) is 56.8 Å². The van der Waals surface area contributed by atoms with Crippen molar-refractivity contribution < 1.29 is 0 Å². The van der Waals surface area contributed by atoms with Gasteiger partial charge in [-0.15, -0.1) is 11.3 Å². The molecule has 0 aliphatic carbocycles. The van der Waals surface area contributed by atoms with E-state index in [2.05, 4.69) is 93.6 Å². The fourth-order valence-corrected chi connectivity index (χ4v) is 5.73. The Bertz CT molecular complexity index is 1620. The molecule has 150 valence electrons. The molecule has 2 heterocycles. The zero-order valence-electron chi connectivity index (χ0n) is 17.8. The van der Waals surface area contributed by atoms with Crippen molar-refractivity contribution >= 4 is 53.2 Å². The molecular formula is C28H22N2S. The lowest BCUT2D eigenvalue weighted by Crippen LogP contribution is -2.12. The maximum atomic E-state index is 4.77. The van der Waals surface area contributed by atoms with Gasteiger partial charge in [0.1, 0.15) is 6.33 Å². The van der Waals surface area contributed by atoms with Gasteiger partial charge in [-0.1, -0.05) is 69.3 Å². The summed E-state index contributed by atoms with van der Waals surface area (Å²) in [7, 11) is 0. The van der Waals surface area contributed by atoms with Crippen LogP contribution in [0.25, 0.3) is 53.1 Å². The molecule has 0 radical (unpaired) electrons. The largest absolute Gasteiger partial charge is 0.235 e. The van der Waals surface area contributed by atoms with Gasteiger partial charge in [0, 0.05) is 15.6 Å². The third-order valence-electron chi connectivity index (χ3n) is 6.06. The van der Waals surface area contributed by atoms with E-state index in [4.69, 9.17) is 9.97 Å². The average Bonchev–Trinajstić information content (AvgIpc) is 3.13. The van der Waals surface area contributed by atoms with Crippen molar-refractivity contribution in [1.82, 2.24) is 9.97 Å². The van der Waals surface area contributed by atoms with E-state index in [9.17, 15) is 0 Å². The number of aromatic nitrogens is 2. The van der Waals surface area contributed by atoms with Crippen molar-refractivity contribution in [3.63, 3.8) is 0 Å². The topological polar surface area (TPSA) is 25.8 Å². The van der Waals surface area contributed by atoms with E-state index in [1.807, 2.05) is 0 Å². The fraction of sp³-hybridized carbons (Fsp3) is 0.143. The number of fused-ring (bicyclic) bond motifs is 5. The Morgan fingerprint density at radius 2 is 1.42 bits per heavy atom. The summed E-state index contributed by atoms with van der Waals surface area (Å²) in [5.74, 6) is 0. The maximum Gasteiger partial charge on any atom is 0.116 e. The standard InChI is InChI=1S/C28H22N2S/c1-28(2,3)23-14-20(12-19-10-6-7-11-21(19)23)25-27-26(30-16-29-25)22-13-17-8-4-5-9-18(17)15-24(22)31-27/h4-16H,1-3H3. The van der Waals surface area contributed by atoms with Crippen LogP contribution in [0.3, 0.4) is 0 Å². The number of rotatable bonds is 1. The molecular weight excluding hydrogens is 396 g/mol. The second-order valence-corrected chi connectivity index (χ2v) is 10.2. The van der Waals surface area contributed by atoms with Crippen LogP contribution in [-0.4, -0.2) is 9.97 Å². The summed E-state index contributed by atoms with van der Waals surface area (Å²) in [6, 6.07) is 26.3. The van der Waals surface area contributed by atoms with Gasteiger partial charge in [0.05, 0.1) is 15.9 Å². The van der Waals surface area contributed by atoms with E-state index in [-0.39, 0.29) is 5.41 Å². The summed E-state index contributed by atoms with van der Waals surface area (Å²) in [5.41, 5.74) is 4.61. The highest BCUT2D eigenvalue weighted by molar-refractivity contribution is 7.26. The van der Waals surface area contributed by atoms with Gasteiger partial charge in [-0.25, -0.2) is 9.97 Å². The van der Waals surface area contributed by atoms with Gasteiger partial charge in [-0.2, -0.15) is 0 Å². The van der Waals surface area contributed by atoms with Crippen molar-refractivity contribution in [3.8, 4) is 11.3 Å². The molecule has 0 saturated carbocycles. The molecule has 3 heteroatoms. The lowest BCUT2D eigenvalue weighted by molar-refractivity contribution is 0.596. The zero-order chi connectivity index (χ0) is 21.2. The van der Waals surface area contributed by atoms with Crippen LogP contribution in [0.4, 0.5) is 0 Å². The highest BCUT2D eigenvalue weighted by Crippen LogP contribution is 2.41. The van der Waals surface area contributed by atoms with Gasteiger partial charge in [-0.3, -0.25) is 0 Å². The minimum Gasteiger partial charge on any atom is -0.235 e. The van der Waals surface area contributed by atoms with E-state index in [1.54, 1.807) is 17.7 Å². The van der Waals surface area contributed by atoms with Crippen molar-refractivity contribution in [2.24, 2.45) is 0 Å². The normalized spacial score (nSPS) is 12.4. The second-order valence-electron chi connectivity index (χ2n) is 9.19. The molecule has 2 nitrogen and oxygen atoms in total. The zero-order valence-corrected chi connectivity index (χ0v) is 18.6. The van der Waals surface area contributed by atoms with E-state index in [1.165, 1.54) is 37.2 Å². The van der Waals surface area contributed by atoms with Crippen molar-refractivity contribution in [2.45, 2.75) is 26.2 Å². The summed E-state index contributed by atoms with van der Waals surface area (Å²) in [4.78, 5) is 9.47. The molecule has 0 fully saturated rings. The monoisotopic (exact) mass is 418 g/mol. The van der Waals surface area contributed by atoms with Crippen molar-refractivity contribution in [2.75, 3.05) is 0 Å². The summed E-state index contributed by atoms with van der Waals surface area (Å²) in [5, 5.41) is 6.28. The number of hydrogen-bond donors (Lipinski definition) is 0. The van der Waals surface area contributed by atoms with Crippen molar-refractivity contribution in [1.29, 1.82) is 0 Å². The molecule has 0 bridgehead atoms. The Labute approximate surface area is 185 Å². The van der Waals surface area contributed by atoms with Gasteiger partial charge in [0.2, 0.25) is 0 Å². The SMILES string of the molecule is CC(C)(C)c1cc(-c2ncnc3c2sc2cc4ccccc4cc23)cc2ccccc12. The minimum atomic E-state index is 0.0413. The van der Waals surface area contributed by atoms with Crippen LogP contribution in [-0.2, 0) is 5.41 Å². The highest BCUT2D eigenvalue weighted by Gasteiger charge is 2.20. The first-order valence-electron chi connectivity index (χ1n) is 10.6. The average molecular weight is 419 g/mol. The number of thiophene rings is 1. The molecule has 0 aliphatic rings.